The Morgan fingerprint density at radius 3 is 2.60 bits per heavy atom. The number of nitrogens with zero attached hydrogens (tertiary/aromatic N) is 2. The number of hydrogen-bond donors (Lipinski definition) is 4. The second-order valence-electron chi connectivity index (χ2n) is 5.98. The van der Waals surface area contributed by atoms with Gasteiger partial charge in [0, 0.05) is 23.1 Å². The first-order valence-electron chi connectivity index (χ1n) is 8.40. The van der Waals surface area contributed by atoms with Gasteiger partial charge in [0.05, 0.1) is 11.8 Å². The first kappa shape index (κ1) is 21.0. The average molecular weight is 431 g/mol. The predicted octanol–water partition coefficient (Wildman–Crippen LogP) is 2.22. The molecule has 0 unspecified atom stereocenters. The highest BCUT2D eigenvalue weighted by Crippen LogP contribution is 2.29. The first-order chi connectivity index (χ1) is 14.3. The van der Waals surface area contributed by atoms with Crippen molar-refractivity contribution in [2.75, 3.05) is 5.73 Å². The fourth-order valence-electron chi connectivity index (χ4n) is 2.45. The summed E-state index contributed by atoms with van der Waals surface area (Å²) in [4.78, 5) is 32.6. The Kier molecular flexibility index (Phi) is 6.11. The second-order valence-corrected chi connectivity index (χ2v) is 7.04. The van der Waals surface area contributed by atoms with Crippen molar-refractivity contribution >= 4 is 29.4 Å². The number of halogens is 2. The summed E-state index contributed by atoms with van der Waals surface area (Å²) in [5, 5.41) is 12.4. The lowest BCUT2D eigenvalue weighted by atomic mass is 10.2. The molecule has 2 amide bonds. The van der Waals surface area contributed by atoms with Crippen LogP contribution in [0.3, 0.4) is 0 Å². The maximum Gasteiger partial charge on any atom is 0.274 e. The van der Waals surface area contributed by atoms with E-state index in [0.29, 0.717) is 11.0 Å². The van der Waals surface area contributed by atoms with Crippen LogP contribution in [0.4, 0.5) is 14.6 Å². The van der Waals surface area contributed by atoms with Gasteiger partial charge in [-0.3, -0.25) is 9.59 Å². The van der Waals surface area contributed by atoms with E-state index in [-0.39, 0.29) is 34.2 Å². The maximum atomic E-state index is 13.3. The minimum atomic E-state index is -1.21. The third-order valence-electron chi connectivity index (χ3n) is 3.92. The molecule has 0 saturated carbocycles. The molecule has 6 N–H and O–H groups in total. The van der Waals surface area contributed by atoms with Crippen molar-refractivity contribution in [3.63, 3.8) is 0 Å². The van der Waals surface area contributed by atoms with Crippen LogP contribution in [0.25, 0.3) is 0 Å². The molecule has 1 heterocycles. The Morgan fingerprint density at radius 2 is 1.87 bits per heavy atom. The lowest BCUT2D eigenvalue weighted by Gasteiger charge is -2.10. The van der Waals surface area contributed by atoms with Crippen molar-refractivity contribution in [1.82, 2.24) is 15.3 Å². The molecule has 30 heavy (non-hydrogen) atoms. The fraction of sp³-hybridized carbons (Fsp3) is 0.0526. The zero-order chi connectivity index (χ0) is 21.8. The van der Waals surface area contributed by atoms with E-state index in [1.165, 1.54) is 6.20 Å². The van der Waals surface area contributed by atoms with Crippen LogP contribution >= 0.6 is 11.8 Å². The van der Waals surface area contributed by atoms with Gasteiger partial charge in [0.2, 0.25) is 5.91 Å². The normalized spacial score (nSPS) is 10.6. The van der Waals surface area contributed by atoms with Crippen molar-refractivity contribution in [1.29, 1.82) is 0 Å². The van der Waals surface area contributed by atoms with Crippen molar-refractivity contribution in [2.45, 2.75) is 16.5 Å². The van der Waals surface area contributed by atoms with Crippen LogP contribution in [0, 0.1) is 11.6 Å². The van der Waals surface area contributed by atoms with E-state index >= 15 is 0 Å². The summed E-state index contributed by atoms with van der Waals surface area (Å²) >= 11 is 1.06. The van der Waals surface area contributed by atoms with E-state index < -0.39 is 29.2 Å². The van der Waals surface area contributed by atoms with Gasteiger partial charge in [0.1, 0.15) is 10.8 Å². The summed E-state index contributed by atoms with van der Waals surface area (Å²) in [5.41, 5.74) is 11.1. The van der Waals surface area contributed by atoms with Gasteiger partial charge < -0.3 is 21.9 Å². The van der Waals surface area contributed by atoms with Crippen molar-refractivity contribution in [2.24, 2.45) is 5.73 Å². The number of aromatic hydroxyl groups is 1. The molecule has 3 aromatic rings. The number of hydrogen-bond acceptors (Lipinski definition) is 7. The number of phenolic OH excluding ortho intramolecular Hbond substituents is 1. The van der Waals surface area contributed by atoms with E-state index in [2.05, 4.69) is 15.3 Å². The van der Waals surface area contributed by atoms with E-state index in [0.717, 1.165) is 17.8 Å². The van der Waals surface area contributed by atoms with Gasteiger partial charge in [-0.1, -0.05) is 23.9 Å². The molecule has 0 spiro atoms. The van der Waals surface area contributed by atoms with Crippen LogP contribution in [0.15, 0.2) is 52.5 Å². The molecule has 0 bridgehead atoms. The van der Waals surface area contributed by atoms with Gasteiger partial charge in [-0.2, -0.15) is 0 Å². The van der Waals surface area contributed by atoms with E-state index in [4.69, 9.17) is 11.5 Å². The number of nitrogens with one attached hydrogen (secondary N) is 1. The van der Waals surface area contributed by atoms with Gasteiger partial charge in [-0.05, 0) is 18.2 Å². The van der Waals surface area contributed by atoms with Gasteiger partial charge in [-0.25, -0.2) is 18.7 Å². The molecule has 11 heteroatoms. The predicted molar refractivity (Wildman–Crippen MR) is 105 cm³/mol. The molecule has 0 aliphatic rings. The summed E-state index contributed by atoms with van der Waals surface area (Å²) in [5.74, 6) is -4.41. The Balaban J connectivity index is 1.79. The SMILES string of the molecule is NC(=O)c1ccccc1Sc1cnc(N)c(C(=O)NCc2cc(F)c(F)cc2O)n1. The lowest BCUT2D eigenvalue weighted by Crippen LogP contribution is -2.25. The van der Waals surface area contributed by atoms with Crippen molar-refractivity contribution in [3.05, 3.63) is 71.1 Å². The standard InChI is InChI=1S/C19H15F2N5O3S/c20-11-5-9(13(27)6-12(11)21)7-25-19(29)16-17(22)24-8-15(26-16)30-14-4-2-1-3-10(14)18(23)28/h1-6,8,27H,7H2,(H2,22,24)(H2,23,28)(H,25,29). The summed E-state index contributed by atoms with van der Waals surface area (Å²) in [6, 6.07) is 7.96. The number of nitrogen functional groups attached to an aromatic ring is 1. The number of carbonyl (C=O) groups is 2. The molecule has 0 saturated heterocycles. The van der Waals surface area contributed by atoms with E-state index in [1.54, 1.807) is 24.3 Å². The Hall–Kier alpha value is -3.73. The molecule has 0 fully saturated rings. The molecule has 8 nitrogen and oxygen atoms in total. The quantitative estimate of drug-likeness (QED) is 0.468. The Morgan fingerprint density at radius 1 is 1.17 bits per heavy atom. The molecule has 2 aromatic carbocycles. The molecular formula is C19H15F2N5O3S. The van der Waals surface area contributed by atoms with Crippen LogP contribution in [0.2, 0.25) is 0 Å². The largest absolute Gasteiger partial charge is 0.507 e. The Labute approximate surface area is 173 Å². The van der Waals surface area contributed by atoms with Crippen LogP contribution in [-0.4, -0.2) is 26.9 Å². The highest BCUT2D eigenvalue weighted by Gasteiger charge is 2.17. The van der Waals surface area contributed by atoms with Crippen molar-refractivity contribution in [3.8, 4) is 5.75 Å². The molecule has 3 rings (SSSR count). The van der Waals surface area contributed by atoms with Gasteiger partial charge in [0.25, 0.3) is 5.91 Å². The number of phenols is 1. The molecule has 1 aromatic heterocycles. The highest BCUT2D eigenvalue weighted by molar-refractivity contribution is 7.99. The minimum absolute atomic E-state index is 0.0327. The number of carbonyl (C=O) groups excluding carboxylic acids is 2. The molecular weight excluding hydrogens is 416 g/mol. The zero-order valence-corrected chi connectivity index (χ0v) is 16.0. The molecule has 0 aliphatic carbocycles. The maximum absolute atomic E-state index is 13.3. The summed E-state index contributed by atoms with van der Waals surface area (Å²) in [6.45, 7) is -0.301. The second kappa shape index (κ2) is 8.74. The fourth-order valence-corrected chi connectivity index (χ4v) is 3.34. The summed E-state index contributed by atoms with van der Waals surface area (Å²) in [7, 11) is 0. The number of aromatic nitrogens is 2. The van der Waals surface area contributed by atoms with E-state index in [9.17, 15) is 23.5 Å². The van der Waals surface area contributed by atoms with Crippen LogP contribution in [0.1, 0.15) is 26.4 Å². The zero-order valence-electron chi connectivity index (χ0n) is 15.2. The smallest absolute Gasteiger partial charge is 0.274 e. The van der Waals surface area contributed by atoms with E-state index in [1.807, 2.05) is 0 Å². The van der Waals surface area contributed by atoms with Crippen LogP contribution in [-0.2, 0) is 6.54 Å². The number of nitrogens with two attached hydrogens (primary N) is 2. The number of rotatable bonds is 6. The first-order valence-corrected chi connectivity index (χ1v) is 9.22. The molecule has 0 radical (unpaired) electrons. The molecule has 0 atom stereocenters. The highest BCUT2D eigenvalue weighted by atomic mass is 32.2. The minimum Gasteiger partial charge on any atom is -0.507 e. The van der Waals surface area contributed by atoms with Gasteiger partial charge in [-0.15, -0.1) is 0 Å². The third-order valence-corrected chi connectivity index (χ3v) is 4.90. The summed E-state index contributed by atoms with van der Waals surface area (Å²) in [6.07, 6.45) is 1.33. The van der Waals surface area contributed by atoms with Gasteiger partial charge in [0.15, 0.2) is 23.1 Å². The number of anilines is 1. The van der Waals surface area contributed by atoms with Crippen LogP contribution in [0.5, 0.6) is 5.75 Å². The topological polar surface area (TPSA) is 144 Å². The Bertz CT molecular complexity index is 1140. The summed E-state index contributed by atoms with van der Waals surface area (Å²) < 4.78 is 26.4. The molecule has 0 aliphatic heterocycles. The van der Waals surface area contributed by atoms with Gasteiger partial charge >= 0.3 is 0 Å². The van der Waals surface area contributed by atoms with Crippen LogP contribution < -0.4 is 16.8 Å². The lowest BCUT2D eigenvalue weighted by molar-refractivity contribution is 0.0944. The number of amides is 2. The number of primary amides is 1. The third kappa shape index (κ3) is 4.63. The molecule has 154 valence electrons. The monoisotopic (exact) mass is 431 g/mol. The number of benzene rings is 2. The average Bonchev–Trinajstić information content (AvgIpc) is 2.71. The van der Waals surface area contributed by atoms with Crippen molar-refractivity contribution < 1.29 is 23.5 Å².